The second kappa shape index (κ2) is 10.1. The number of para-hydroxylation sites is 1. The number of hydrogen-bond acceptors (Lipinski definition) is 3. The van der Waals surface area contributed by atoms with E-state index in [1.807, 2.05) is 31.2 Å². The second-order valence-corrected chi connectivity index (χ2v) is 6.86. The number of likely N-dealkylation sites (N-methyl/N-ethyl adjacent to an activating group) is 1. The highest BCUT2D eigenvalue weighted by Crippen LogP contribution is 2.18. The van der Waals surface area contributed by atoms with Crippen molar-refractivity contribution in [1.82, 2.24) is 10.2 Å². The summed E-state index contributed by atoms with van der Waals surface area (Å²) in [6.07, 6.45) is 0. The fourth-order valence-corrected chi connectivity index (χ4v) is 2.97. The normalized spacial score (nSPS) is 11.6. The highest BCUT2D eigenvalue weighted by molar-refractivity contribution is 9.10. The highest BCUT2D eigenvalue weighted by atomic mass is 79.9. The van der Waals surface area contributed by atoms with Crippen LogP contribution < -0.4 is 10.1 Å². The molecule has 1 atom stereocenters. The Kier molecular flexibility index (Phi) is 7.79. The summed E-state index contributed by atoms with van der Waals surface area (Å²) in [6.45, 7) is 3.81. The van der Waals surface area contributed by atoms with E-state index in [-0.39, 0.29) is 24.8 Å². The van der Waals surface area contributed by atoms with Gasteiger partial charge in [0.2, 0.25) is 5.91 Å². The number of ether oxygens (including phenoxy) is 1. The molecule has 7 heteroatoms. The fourth-order valence-electron chi connectivity index (χ4n) is 2.52. The van der Waals surface area contributed by atoms with Crippen molar-refractivity contribution in [1.29, 1.82) is 0 Å². The number of nitrogens with zero attached hydrogens (tertiary/aromatic N) is 1. The summed E-state index contributed by atoms with van der Waals surface area (Å²) in [6, 6.07) is 12.7. The van der Waals surface area contributed by atoms with E-state index in [1.54, 1.807) is 19.1 Å². The van der Waals surface area contributed by atoms with E-state index in [0.717, 1.165) is 10.0 Å². The predicted molar refractivity (Wildman–Crippen MR) is 105 cm³/mol. The third-order valence-corrected chi connectivity index (χ3v) is 4.44. The molecule has 2 aromatic rings. The van der Waals surface area contributed by atoms with Crippen LogP contribution in [-0.2, 0) is 16.1 Å². The minimum atomic E-state index is -0.694. The summed E-state index contributed by atoms with van der Waals surface area (Å²) in [5.74, 6) is -1.21. The molecule has 5 nitrogen and oxygen atoms in total. The molecule has 2 rings (SSSR count). The number of carbonyl (C=O) groups is 2. The predicted octanol–water partition coefficient (Wildman–Crippen LogP) is 3.52. The maximum atomic E-state index is 13.7. The minimum absolute atomic E-state index is 0.00100. The first-order valence-electron chi connectivity index (χ1n) is 8.61. The smallest absolute Gasteiger partial charge is 0.261 e. The first-order valence-corrected chi connectivity index (χ1v) is 9.40. The van der Waals surface area contributed by atoms with Gasteiger partial charge in [0.25, 0.3) is 5.91 Å². The van der Waals surface area contributed by atoms with Gasteiger partial charge in [0.05, 0.1) is 0 Å². The summed E-state index contributed by atoms with van der Waals surface area (Å²) in [4.78, 5) is 26.4. The van der Waals surface area contributed by atoms with E-state index in [4.69, 9.17) is 4.74 Å². The summed E-state index contributed by atoms with van der Waals surface area (Å²) in [5, 5.41) is 2.72. The molecule has 27 heavy (non-hydrogen) atoms. The molecule has 144 valence electrons. The average Bonchev–Trinajstić information content (AvgIpc) is 2.65. The SMILES string of the molecule is CCNC(=O)[C@@H](C)N(Cc1cccc(Br)c1)C(=O)COc1ccccc1F. The Balaban J connectivity index is 2.15. The standard InChI is InChI=1S/C20H22BrFN2O3/c1-3-23-20(26)14(2)24(12-15-7-6-8-16(21)11-15)19(25)13-27-18-10-5-4-9-17(18)22/h4-11,14H,3,12-13H2,1-2H3,(H,23,26)/t14-/m1/s1. The molecule has 0 heterocycles. The van der Waals surface area contributed by atoms with Gasteiger partial charge >= 0.3 is 0 Å². The zero-order valence-electron chi connectivity index (χ0n) is 15.2. The lowest BCUT2D eigenvalue weighted by Crippen LogP contribution is -2.49. The zero-order chi connectivity index (χ0) is 19.8. The topological polar surface area (TPSA) is 58.6 Å². The maximum absolute atomic E-state index is 13.7. The van der Waals surface area contributed by atoms with Gasteiger partial charge in [-0.3, -0.25) is 9.59 Å². The van der Waals surface area contributed by atoms with Crippen molar-refractivity contribution < 1.29 is 18.7 Å². The number of rotatable bonds is 8. The Hall–Kier alpha value is -2.41. The molecule has 0 fully saturated rings. The van der Waals surface area contributed by atoms with Gasteiger partial charge in [0.1, 0.15) is 6.04 Å². The van der Waals surface area contributed by atoms with E-state index in [9.17, 15) is 14.0 Å². The molecule has 2 amide bonds. The summed E-state index contributed by atoms with van der Waals surface area (Å²) in [5.41, 5.74) is 0.861. The number of amides is 2. The second-order valence-electron chi connectivity index (χ2n) is 5.94. The van der Waals surface area contributed by atoms with Crippen LogP contribution >= 0.6 is 15.9 Å². The molecule has 0 spiro atoms. The summed E-state index contributed by atoms with van der Waals surface area (Å²) < 4.78 is 19.9. The molecular formula is C20H22BrFN2O3. The lowest BCUT2D eigenvalue weighted by Gasteiger charge is -2.28. The van der Waals surface area contributed by atoms with Crippen molar-refractivity contribution >= 4 is 27.7 Å². The molecular weight excluding hydrogens is 415 g/mol. The Morgan fingerprint density at radius 1 is 1.22 bits per heavy atom. The number of halogens is 2. The molecule has 0 unspecified atom stereocenters. The van der Waals surface area contributed by atoms with Crippen molar-refractivity contribution in [2.45, 2.75) is 26.4 Å². The number of hydrogen-bond donors (Lipinski definition) is 1. The molecule has 2 aromatic carbocycles. The van der Waals surface area contributed by atoms with Crippen molar-refractivity contribution in [3.8, 4) is 5.75 Å². The molecule has 1 N–H and O–H groups in total. The summed E-state index contributed by atoms with van der Waals surface area (Å²) in [7, 11) is 0. The van der Waals surface area contributed by atoms with Gasteiger partial charge in [-0.05, 0) is 43.7 Å². The monoisotopic (exact) mass is 436 g/mol. The third kappa shape index (κ3) is 6.06. The Morgan fingerprint density at radius 2 is 1.96 bits per heavy atom. The Labute approximate surface area is 166 Å². The van der Waals surface area contributed by atoms with Crippen LogP contribution in [-0.4, -0.2) is 35.9 Å². The molecule has 0 aliphatic heterocycles. The van der Waals surface area contributed by atoms with E-state index in [0.29, 0.717) is 6.54 Å². The maximum Gasteiger partial charge on any atom is 0.261 e. The van der Waals surface area contributed by atoms with E-state index in [2.05, 4.69) is 21.2 Å². The molecule has 0 aliphatic rings. The van der Waals surface area contributed by atoms with Crippen molar-refractivity contribution in [3.63, 3.8) is 0 Å². The molecule has 0 radical (unpaired) electrons. The van der Waals surface area contributed by atoms with Crippen LogP contribution in [0.15, 0.2) is 53.0 Å². The quantitative estimate of drug-likeness (QED) is 0.688. The van der Waals surface area contributed by atoms with Crippen LogP contribution in [0.4, 0.5) is 4.39 Å². The van der Waals surface area contributed by atoms with Crippen LogP contribution in [0.25, 0.3) is 0 Å². The van der Waals surface area contributed by atoms with Gasteiger partial charge in [-0.25, -0.2) is 4.39 Å². The van der Waals surface area contributed by atoms with Gasteiger partial charge in [0.15, 0.2) is 18.2 Å². The third-order valence-electron chi connectivity index (χ3n) is 3.95. The molecule has 0 saturated heterocycles. The highest BCUT2D eigenvalue weighted by Gasteiger charge is 2.26. The summed E-state index contributed by atoms with van der Waals surface area (Å²) >= 11 is 3.40. The first-order chi connectivity index (χ1) is 12.9. The zero-order valence-corrected chi connectivity index (χ0v) is 16.8. The van der Waals surface area contributed by atoms with E-state index in [1.165, 1.54) is 17.0 Å². The minimum Gasteiger partial charge on any atom is -0.481 e. The van der Waals surface area contributed by atoms with Gasteiger partial charge < -0.3 is 15.0 Å². The van der Waals surface area contributed by atoms with Gasteiger partial charge in [-0.2, -0.15) is 0 Å². The van der Waals surface area contributed by atoms with Crippen molar-refractivity contribution in [2.24, 2.45) is 0 Å². The molecule has 0 bridgehead atoms. The molecule has 0 aromatic heterocycles. The van der Waals surface area contributed by atoms with Gasteiger partial charge in [-0.15, -0.1) is 0 Å². The lowest BCUT2D eigenvalue weighted by molar-refractivity contribution is -0.142. The fraction of sp³-hybridized carbons (Fsp3) is 0.300. The molecule has 0 aliphatic carbocycles. The van der Waals surface area contributed by atoms with Crippen LogP contribution in [0.2, 0.25) is 0 Å². The van der Waals surface area contributed by atoms with E-state index < -0.39 is 17.8 Å². The average molecular weight is 437 g/mol. The van der Waals surface area contributed by atoms with E-state index >= 15 is 0 Å². The van der Waals surface area contributed by atoms with Gasteiger partial charge in [0, 0.05) is 17.6 Å². The van der Waals surface area contributed by atoms with Crippen LogP contribution in [0.3, 0.4) is 0 Å². The number of nitrogens with one attached hydrogen (secondary N) is 1. The number of benzene rings is 2. The molecule has 0 saturated carbocycles. The largest absolute Gasteiger partial charge is 0.481 e. The number of carbonyl (C=O) groups excluding carboxylic acids is 2. The van der Waals surface area contributed by atoms with Crippen LogP contribution in [0.5, 0.6) is 5.75 Å². The van der Waals surface area contributed by atoms with Crippen molar-refractivity contribution in [3.05, 3.63) is 64.4 Å². The van der Waals surface area contributed by atoms with Crippen LogP contribution in [0.1, 0.15) is 19.4 Å². The van der Waals surface area contributed by atoms with Gasteiger partial charge in [-0.1, -0.05) is 40.2 Å². The Bertz CT molecular complexity index is 800. The van der Waals surface area contributed by atoms with Crippen molar-refractivity contribution in [2.75, 3.05) is 13.2 Å². The van der Waals surface area contributed by atoms with Crippen LogP contribution in [0, 0.1) is 5.82 Å². The lowest BCUT2D eigenvalue weighted by atomic mass is 10.1. The first kappa shape index (κ1) is 20.9. The Morgan fingerprint density at radius 3 is 2.63 bits per heavy atom.